The van der Waals surface area contributed by atoms with Crippen LogP contribution in [-0.4, -0.2) is 28.3 Å². The summed E-state index contributed by atoms with van der Waals surface area (Å²) >= 11 is 0. The summed E-state index contributed by atoms with van der Waals surface area (Å²) in [6.45, 7) is 3.85. The number of ether oxygens (including phenoxy) is 1. The van der Waals surface area contributed by atoms with Gasteiger partial charge in [-0.15, -0.1) is 0 Å². The molecule has 3 heterocycles. The van der Waals surface area contributed by atoms with Gasteiger partial charge in [-0.25, -0.2) is 9.97 Å². The van der Waals surface area contributed by atoms with Crippen molar-refractivity contribution in [1.29, 1.82) is 0 Å². The fraction of sp³-hybridized carbons (Fsp3) is 0.250. The van der Waals surface area contributed by atoms with E-state index in [0.29, 0.717) is 41.5 Å². The number of fused-ring (bicyclic) bond motifs is 1. The smallest absolute Gasteiger partial charge is 0.433 e. The molecule has 10 heteroatoms. The van der Waals surface area contributed by atoms with Gasteiger partial charge in [0.1, 0.15) is 28.8 Å². The largest absolute Gasteiger partial charge is 0.455 e. The van der Waals surface area contributed by atoms with Gasteiger partial charge in [0, 0.05) is 23.6 Å². The number of alkyl halides is 3. The normalized spacial score (nSPS) is 13.6. The first kappa shape index (κ1) is 23.2. The summed E-state index contributed by atoms with van der Waals surface area (Å²) in [6.07, 6.45) is -3.10. The second kappa shape index (κ2) is 9.12. The van der Waals surface area contributed by atoms with Crippen LogP contribution >= 0.6 is 0 Å². The molecule has 0 aliphatic carbocycles. The van der Waals surface area contributed by atoms with Crippen LogP contribution in [0.3, 0.4) is 0 Å². The van der Waals surface area contributed by atoms with Crippen molar-refractivity contribution >= 4 is 23.5 Å². The number of amides is 2. The number of nitrogens with one attached hydrogen (secondary N) is 1. The molecule has 1 aromatic carbocycles. The molecule has 1 aliphatic rings. The lowest BCUT2D eigenvalue weighted by molar-refractivity contribution is -0.141. The van der Waals surface area contributed by atoms with Crippen LogP contribution in [0.15, 0.2) is 54.7 Å². The summed E-state index contributed by atoms with van der Waals surface area (Å²) in [5.74, 6) is 0.561. The zero-order valence-corrected chi connectivity index (χ0v) is 18.4. The number of nitrogens with zero attached hydrogens (tertiary/aromatic N) is 3. The van der Waals surface area contributed by atoms with Crippen molar-refractivity contribution in [2.45, 2.75) is 26.4 Å². The summed E-state index contributed by atoms with van der Waals surface area (Å²) in [4.78, 5) is 34.5. The summed E-state index contributed by atoms with van der Waals surface area (Å²) in [7, 11) is 0. The molecule has 3 aromatic rings. The number of hydrogen-bond donors (Lipinski definition) is 1. The van der Waals surface area contributed by atoms with Crippen molar-refractivity contribution in [2.24, 2.45) is 5.92 Å². The minimum atomic E-state index is -4.54. The van der Waals surface area contributed by atoms with Gasteiger partial charge in [-0.3, -0.25) is 14.5 Å². The van der Waals surface area contributed by atoms with E-state index in [9.17, 15) is 22.8 Å². The van der Waals surface area contributed by atoms with Gasteiger partial charge in [-0.1, -0.05) is 26.0 Å². The summed E-state index contributed by atoms with van der Waals surface area (Å²) in [5, 5.41) is 2.72. The minimum absolute atomic E-state index is 0.131. The highest BCUT2D eigenvalue weighted by Gasteiger charge is 2.32. The number of anilines is 2. The molecular weight excluding hydrogens is 449 g/mol. The van der Waals surface area contributed by atoms with Gasteiger partial charge in [0.25, 0.3) is 5.91 Å². The standard InChI is InChI=1S/C24H21F3N4O3/c1-14(2)22(32)30-20-7-4-8-21(29-20)31-12-11-16-17(23(31)33)5-3-6-18(16)34-15-9-10-19(28-13-15)24(25,26)27/h3-10,13-14H,11-12H2,1-2H3,(H,29,30,32). The molecule has 2 aromatic heterocycles. The molecule has 4 rings (SSSR count). The second-order valence-corrected chi connectivity index (χ2v) is 7.99. The number of carbonyl (C=O) groups is 2. The molecule has 176 valence electrons. The van der Waals surface area contributed by atoms with E-state index in [1.807, 2.05) is 0 Å². The molecule has 7 nitrogen and oxygen atoms in total. The van der Waals surface area contributed by atoms with Gasteiger partial charge in [-0.2, -0.15) is 13.2 Å². The van der Waals surface area contributed by atoms with Crippen molar-refractivity contribution in [3.05, 3.63) is 71.5 Å². The van der Waals surface area contributed by atoms with Gasteiger partial charge in [0.2, 0.25) is 5.91 Å². The Hall–Kier alpha value is -3.95. The first-order valence-corrected chi connectivity index (χ1v) is 10.6. The topological polar surface area (TPSA) is 84.4 Å². The Morgan fingerprint density at radius 3 is 2.56 bits per heavy atom. The molecule has 0 saturated heterocycles. The van der Waals surface area contributed by atoms with Crippen LogP contribution in [0.4, 0.5) is 24.8 Å². The first-order valence-electron chi connectivity index (χ1n) is 10.6. The van der Waals surface area contributed by atoms with Gasteiger partial charge in [-0.05, 0) is 42.8 Å². The van der Waals surface area contributed by atoms with Crippen molar-refractivity contribution in [2.75, 3.05) is 16.8 Å². The highest BCUT2D eigenvalue weighted by molar-refractivity contribution is 6.08. The molecule has 34 heavy (non-hydrogen) atoms. The molecule has 0 radical (unpaired) electrons. The third-order valence-electron chi connectivity index (χ3n) is 5.24. The number of carbonyl (C=O) groups excluding carboxylic acids is 2. The number of hydrogen-bond acceptors (Lipinski definition) is 5. The Labute approximate surface area is 193 Å². The Morgan fingerprint density at radius 1 is 1.12 bits per heavy atom. The van der Waals surface area contributed by atoms with Crippen LogP contribution in [0.5, 0.6) is 11.5 Å². The van der Waals surface area contributed by atoms with E-state index >= 15 is 0 Å². The van der Waals surface area contributed by atoms with Crippen molar-refractivity contribution in [3.63, 3.8) is 0 Å². The van der Waals surface area contributed by atoms with Crippen LogP contribution in [0.2, 0.25) is 0 Å². The average Bonchev–Trinajstić information content (AvgIpc) is 2.79. The Kier molecular flexibility index (Phi) is 6.23. The Balaban J connectivity index is 1.56. The predicted molar refractivity (Wildman–Crippen MR) is 119 cm³/mol. The highest BCUT2D eigenvalue weighted by atomic mass is 19.4. The summed E-state index contributed by atoms with van der Waals surface area (Å²) < 4.78 is 44.0. The summed E-state index contributed by atoms with van der Waals surface area (Å²) in [6, 6.07) is 12.0. The molecule has 0 unspecified atom stereocenters. The Morgan fingerprint density at radius 2 is 1.88 bits per heavy atom. The maximum Gasteiger partial charge on any atom is 0.433 e. The molecule has 1 aliphatic heterocycles. The fourth-order valence-corrected chi connectivity index (χ4v) is 3.46. The number of rotatable bonds is 5. The van der Waals surface area contributed by atoms with Crippen LogP contribution in [0, 0.1) is 5.92 Å². The number of pyridine rings is 2. The van der Waals surface area contributed by atoms with Crippen LogP contribution in [0.25, 0.3) is 0 Å². The van der Waals surface area contributed by atoms with E-state index < -0.39 is 11.9 Å². The van der Waals surface area contributed by atoms with E-state index in [1.54, 1.807) is 50.2 Å². The fourth-order valence-electron chi connectivity index (χ4n) is 3.46. The molecule has 0 bridgehead atoms. The van der Waals surface area contributed by atoms with Crippen LogP contribution < -0.4 is 15.0 Å². The van der Waals surface area contributed by atoms with E-state index in [-0.39, 0.29) is 23.5 Å². The third kappa shape index (κ3) is 4.85. The van der Waals surface area contributed by atoms with Gasteiger partial charge >= 0.3 is 6.18 Å². The van der Waals surface area contributed by atoms with E-state index in [2.05, 4.69) is 15.3 Å². The van der Waals surface area contributed by atoms with E-state index in [4.69, 9.17) is 4.74 Å². The van der Waals surface area contributed by atoms with Gasteiger partial charge in [0.15, 0.2) is 0 Å². The number of benzene rings is 1. The van der Waals surface area contributed by atoms with Crippen molar-refractivity contribution in [1.82, 2.24) is 9.97 Å². The van der Waals surface area contributed by atoms with Crippen LogP contribution in [-0.2, 0) is 17.4 Å². The van der Waals surface area contributed by atoms with Crippen LogP contribution in [0.1, 0.15) is 35.5 Å². The number of halogens is 3. The number of aromatic nitrogens is 2. The maximum absolute atomic E-state index is 13.2. The molecule has 0 spiro atoms. The maximum atomic E-state index is 13.2. The average molecular weight is 470 g/mol. The molecule has 0 fully saturated rings. The lowest BCUT2D eigenvalue weighted by Crippen LogP contribution is -2.38. The third-order valence-corrected chi connectivity index (χ3v) is 5.24. The SMILES string of the molecule is CC(C)C(=O)Nc1cccc(N2CCc3c(Oc4ccc(C(F)(F)F)nc4)cccc3C2=O)n1. The molecule has 0 saturated carbocycles. The lowest BCUT2D eigenvalue weighted by atomic mass is 9.98. The molecule has 2 amide bonds. The van der Waals surface area contributed by atoms with Gasteiger partial charge < -0.3 is 10.1 Å². The van der Waals surface area contributed by atoms with E-state index in [1.165, 1.54) is 11.0 Å². The zero-order valence-electron chi connectivity index (χ0n) is 18.4. The van der Waals surface area contributed by atoms with Crippen molar-refractivity contribution in [3.8, 4) is 11.5 Å². The molecular formula is C24H21F3N4O3. The lowest BCUT2D eigenvalue weighted by Gasteiger charge is -2.29. The molecule has 0 atom stereocenters. The summed E-state index contributed by atoms with van der Waals surface area (Å²) in [5.41, 5.74) is 0.0371. The monoisotopic (exact) mass is 470 g/mol. The van der Waals surface area contributed by atoms with Gasteiger partial charge in [0.05, 0.1) is 6.20 Å². The zero-order chi connectivity index (χ0) is 24.5. The predicted octanol–water partition coefficient (Wildman–Crippen LogP) is 5.09. The van der Waals surface area contributed by atoms with Crippen molar-refractivity contribution < 1.29 is 27.5 Å². The minimum Gasteiger partial charge on any atom is -0.455 e. The quantitative estimate of drug-likeness (QED) is 0.562. The second-order valence-electron chi connectivity index (χ2n) is 7.99. The highest BCUT2D eigenvalue weighted by Crippen LogP contribution is 2.34. The van der Waals surface area contributed by atoms with E-state index in [0.717, 1.165) is 12.3 Å². The molecule has 1 N–H and O–H groups in total. The first-order chi connectivity index (χ1) is 16.1. The Bertz CT molecular complexity index is 1230.